The summed E-state index contributed by atoms with van der Waals surface area (Å²) in [6.07, 6.45) is -36.7. The lowest BCUT2D eigenvalue weighted by Gasteiger charge is -2.71. The van der Waals surface area contributed by atoms with Crippen LogP contribution in [-0.2, 0) is 57.0 Å². The van der Waals surface area contributed by atoms with E-state index in [-0.39, 0.29) is 34.0 Å². The van der Waals surface area contributed by atoms with Gasteiger partial charge in [-0.3, -0.25) is 4.79 Å². The largest absolute Gasteiger partial charge is 0.479 e. The third-order valence-corrected chi connectivity index (χ3v) is 23.5. The number of fused-ring (bicyclic) bond motifs is 7. The van der Waals surface area contributed by atoms with Crippen LogP contribution in [0.2, 0.25) is 0 Å². The number of carboxylic acids is 1. The fourth-order valence-corrected chi connectivity index (χ4v) is 17.9. The van der Waals surface area contributed by atoms with Crippen LogP contribution in [0.1, 0.15) is 120 Å². The van der Waals surface area contributed by atoms with E-state index in [1.54, 1.807) is 0 Å². The van der Waals surface area contributed by atoms with Gasteiger partial charge in [-0.2, -0.15) is 0 Å². The Morgan fingerprint density at radius 2 is 1.03 bits per heavy atom. The summed E-state index contributed by atoms with van der Waals surface area (Å²) in [7, 11) is 0. The van der Waals surface area contributed by atoms with E-state index in [0.29, 0.717) is 57.8 Å². The molecule has 33 atom stereocenters. The van der Waals surface area contributed by atoms with E-state index in [9.17, 15) is 86.5 Å². The molecular formula is C60H96O28. The van der Waals surface area contributed by atoms with Crippen LogP contribution < -0.4 is 0 Å². The van der Waals surface area contributed by atoms with Crippen molar-refractivity contribution >= 4 is 11.9 Å². The number of ether oxygens (including phenoxy) is 10. The van der Waals surface area contributed by atoms with E-state index in [1.165, 1.54) is 6.92 Å². The maximum atomic E-state index is 15.3. The Bertz CT molecular complexity index is 2500. The van der Waals surface area contributed by atoms with E-state index in [0.717, 1.165) is 12.0 Å². The maximum absolute atomic E-state index is 15.3. The topological polar surface area (TPSA) is 450 Å². The quantitative estimate of drug-likeness (QED) is 0.0466. The molecule has 0 aromatic carbocycles. The normalized spacial score (nSPS) is 53.5. The molecular weight excluding hydrogens is 1170 g/mol. The van der Waals surface area contributed by atoms with Crippen LogP contribution in [0.3, 0.4) is 0 Å². The molecule has 5 aliphatic carbocycles. The van der Waals surface area contributed by atoms with Gasteiger partial charge in [0, 0.05) is 0 Å². The van der Waals surface area contributed by atoms with Crippen LogP contribution in [0.4, 0.5) is 0 Å². The minimum absolute atomic E-state index is 0.0542. The monoisotopic (exact) mass is 1260 g/mol. The molecule has 10 aliphatic rings. The predicted octanol–water partition coefficient (Wildman–Crippen LogP) is -3.09. The molecule has 0 bridgehead atoms. The van der Waals surface area contributed by atoms with Crippen molar-refractivity contribution in [3.05, 3.63) is 11.6 Å². The van der Waals surface area contributed by atoms with Crippen LogP contribution in [0.25, 0.3) is 0 Å². The molecule has 28 heteroatoms. The summed E-state index contributed by atoms with van der Waals surface area (Å²) >= 11 is 0. The summed E-state index contributed by atoms with van der Waals surface area (Å²) in [6.45, 7) is 14.4. The number of carbonyl (C=O) groups excluding carboxylic acids is 1. The molecule has 16 N–H and O–H groups in total. The van der Waals surface area contributed by atoms with E-state index in [2.05, 4.69) is 54.5 Å². The first kappa shape index (κ1) is 68.6. The Morgan fingerprint density at radius 1 is 0.511 bits per heavy atom. The average molecular weight is 1270 g/mol. The highest BCUT2D eigenvalue weighted by molar-refractivity contribution is 5.79. The van der Waals surface area contributed by atoms with Gasteiger partial charge in [-0.25, -0.2) is 4.79 Å². The molecule has 0 amide bonds. The van der Waals surface area contributed by atoms with Gasteiger partial charge >= 0.3 is 11.9 Å². The zero-order valence-corrected chi connectivity index (χ0v) is 51.1. The fraction of sp³-hybridized carbons (Fsp3) is 0.933. The lowest BCUT2D eigenvalue weighted by Crippen LogP contribution is -2.68. The van der Waals surface area contributed by atoms with Gasteiger partial charge in [0.05, 0.1) is 37.4 Å². The van der Waals surface area contributed by atoms with Crippen LogP contribution in [0.15, 0.2) is 11.6 Å². The highest BCUT2D eigenvalue weighted by atomic mass is 16.8. The molecule has 504 valence electrons. The molecule has 0 radical (unpaired) electrons. The summed E-state index contributed by atoms with van der Waals surface area (Å²) in [5.74, 6) is -2.57. The van der Waals surface area contributed by atoms with Gasteiger partial charge < -0.3 is 129 Å². The first-order valence-corrected chi connectivity index (χ1v) is 31.2. The number of carbonyl (C=O) groups is 2. The molecule has 28 nitrogen and oxygen atoms in total. The van der Waals surface area contributed by atoms with Crippen molar-refractivity contribution in [2.45, 2.75) is 279 Å². The SMILES string of the molecule is C[C@@H]1O[C@@H](O[C@@H]2[C@@H](O)[C@H](OC(=O)[C@]34CCC(C)(C)C[C@H]3C3=CC[C@@H]5[C@@]6(C)CC[C@H](O[C@@H]7O[C@H](C(=O)O)[C@@H](O[C@@H]8O[C@H](CO)[C@@H](O)[C@H](O)[C@H]8O)[C@H](O)[C@H]7O[C@@H]7O[C@H](CO)[C@@H](O)[C@H](O)[C@H]7O)C(C)(C)[C@@H]6CC[C@@]5(C)[C@]3(C)CC4)O[C@H](CO)[C@H]2O)[C@H](O)[C@H](O)[C@H]1O. The lowest BCUT2D eigenvalue weighted by molar-refractivity contribution is -0.391. The fourth-order valence-electron chi connectivity index (χ4n) is 17.9. The third-order valence-electron chi connectivity index (χ3n) is 23.5. The Balaban J connectivity index is 0.901. The van der Waals surface area contributed by atoms with Crippen molar-refractivity contribution in [3.8, 4) is 0 Å². The molecule has 0 spiro atoms. The molecule has 88 heavy (non-hydrogen) atoms. The number of hydrogen-bond donors (Lipinski definition) is 16. The molecule has 4 saturated carbocycles. The summed E-state index contributed by atoms with van der Waals surface area (Å²) in [4.78, 5) is 28.4. The molecule has 5 saturated heterocycles. The minimum Gasteiger partial charge on any atom is -0.479 e. The number of aliphatic hydroxyl groups excluding tert-OH is 15. The lowest BCUT2D eigenvalue weighted by atomic mass is 9.33. The number of esters is 1. The number of allylic oxidation sites excluding steroid dienone is 2. The number of aliphatic carboxylic acids is 1. The smallest absolute Gasteiger partial charge is 0.335 e. The van der Waals surface area contributed by atoms with Gasteiger partial charge in [0.1, 0.15) is 110 Å². The van der Waals surface area contributed by atoms with Crippen LogP contribution >= 0.6 is 0 Å². The first-order chi connectivity index (χ1) is 41.2. The summed E-state index contributed by atoms with van der Waals surface area (Å²) in [5, 5.41) is 172. The number of carboxylic acid groups (broad SMARTS) is 1. The van der Waals surface area contributed by atoms with Gasteiger partial charge in [0.25, 0.3) is 0 Å². The van der Waals surface area contributed by atoms with Crippen molar-refractivity contribution in [3.63, 3.8) is 0 Å². The Morgan fingerprint density at radius 3 is 1.61 bits per heavy atom. The number of rotatable bonds is 14. The highest BCUT2D eigenvalue weighted by Gasteiger charge is 2.71. The summed E-state index contributed by atoms with van der Waals surface area (Å²) < 4.78 is 59.8. The molecule has 9 fully saturated rings. The van der Waals surface area contributed by atoms with E-state index in [1.807, 2.05) is 0 Å². The highest BCUT2D eigenvalue weighted by Crippen LogP contribution is 2.76. The first-order valence-electron chi connectivity index (χ1n) is 31.2. The Kier molecular flexibility index (Phi) is 19.6. The van der Waals surface area contributed by atoms with Crippen molar-refractivity contribution in [1.29, 1.82) is 0 Å². The second kappa shape index (κ2) is 25.1. The van der Waals surface area contributed by atoms with E-state index < -0.39 is 208 Å². The molecule has 0 aromatic rings. The van der Waals surface area contributed by atoms with Crippen molar-refractivity contribution in [1.82, 2.24) is 0 Å². The summed E-state index contributed by atoms with van der Waals surface area (Å²) in [6, 6.07) is 0. The van der Waals surface area contributed by atoms with Gasteiger partial charge in [-0.15, -0.1) is 0 Å². The van der Waals surface area contributed by atoms with Crippen LogP contribution in [0, 0.1) is 50.2 Å². The maximum Gasteiger partial charge on any atom is 0.335 e. The second-order valence-electron chi connectivity index (χ2n) is 29.1. The zero-order chi connectivity index (χ0) is 64.4. The average Bonchev–Trinajstić information content (AvgIpc) is 0.688. The third kappa shape index (κ3) is 11.3. The van der Waals surface area contributed by atoms with Crippen molar-refractivity contribution in [2.75, 3.05) is 19.8 Å². The van der Waals surface area contributed by atoms with E-state index in [4.69, 9.17) is 47.4 Å². The van der Waals surface area contributed by atoms with E-state index >= 15 is 4.79 Å². The number of aliphatic hydroxyl groups is 15. The van der Waals surface area contributed by atoms with Gasteiger partial charge in [0.2, 0.25) is 6.29 Å². The second-order valence-corrected chi connectivity index (χ2v) is 29.1. The molecule has 5 aliphatic heterocycles. The molecule has 0 unspecified atom stereocenters. The Hall–Kier alpha value is -2.28. The zero-order valence-electron chi connectivity index (χ0n) is 51.1. The van der Waals surface area contributed by atoms with Crippen LogP contribution in [0.5, 0.6) is 0 Å². The minimum atomic E-state index is -2.12. The molecule has 10 rings (SSSR count). The standard InChI is InChI=1S/C60H96O28/c1-23-32(64)36(68)39(71)49(79-23)84-44-35(67)28(22-63)82-52(43(44)75)88-54(78)60-17-15-55(2,3)19-25(60)24-9-10-30-57(6)13-12-31(56(4,5)29(57)11-14-59(30,8)58(24,7)16-18-60)83-53-46(86-51-41(73)38(70)34(66)27(21-62)81-51)42(74)45(47(87-53)48(76)77)85-50-40(72)37(69)33(65)26(20-61)80-50/h9,23,25-47,49-53,61-75H,10-22H2,1-8H3,(H,76,77)/t23-,25-,26+,27+,28+,29-,30+,31-,32-,33+,34+,35+,36+,37-,38-,39+,40+,41+,42-,43+,44-,45-,46+,47-,49-,50-,51-,52-,53+,57-,58+,59+,60-/m0/s1. The summed E-state index contributed by atoms with van der Waals surface area (Å²) in [5.41, 5.74) is -1.96. The van der Waals surface area contributed by atoms with Crippen molar-refractivity contribution in [2.24, 2.45) is 50.2 Å². The van der Waals surface area contributed by atoms with Gasteiger partial charge in [0.15, 0.2) is 31.3 Å². The molecule has 5 heterocycles. The Labute approximate surface area is 510 Å². The van der Waals surface area contributed by atoms with Crippen LogP contribution in [-0.4, -0.2) is 273 Å². The van der Waals surface area contributed by atoms with Gasteiger partial charge in [-0.05, 0) is 116 Å². The van der Waals surface area contributed by atoms with Gasteiger partial charge in [-0.1, -0.05) is 60.1 Å². The van der Waals surface area contributed by atoms with Crippen molar-refractivity contribution < 1.29 is 139 Å². The predicted molar refractivity (Wildman–Crippen MR) is 295 cm³/mol. The molecule has 0 aromatic heterocycles. The number of hydrogen-bond acceptors (Lipinski definition) is 27.